The van der Waals surface area contributed by atoms with Crippen LogP contribution in [0.2, 0.25) is 0 Å². The molecular weight excluding hydrogens is 679 g/mol. The highest BCUT2D eigenvalue weighted by Gasteiger charge is 2.50. The molecule has 0 unspecified atom stereocenters. The lowest BCUT2D eigenvalue weighted by Gasteiger charge is -2.28. The van der Waals surface area contributed by atoms with Gasteiger partial charge in [0.25, 0.3) is 0 Å². The molecule has 3 N–H and O–H groups in total. The SMILES string of the molecule is CC(C)C[C@H](NC(=O)[C@H](CCc1ccccc1)NC(=O)CN1CCOCC1)C(=O)C[C@@H](Cc1ccc(F)cc1)C(=O)N[C@@H](CC(C)C)C(=O)[C@@]1(C)CO1. The average Bonchev–Trinajstić information content (AvgIpc) is 3.88. The molecule has 2 aromatic rings. The fourth-order valence-electron chi connectivity index (χ4n) is 6.60. The number of carbonyl (C=O) groups excluding carboxylic acids is 5. The molecule has 0 bridgehead atoms. The van der Waals surface area contributed by atoms with Crippen LogP contribution in [0.25, 0.3) is 0 Å². The van der Waals surface area contributed by atoms with Crippen LogP contribution in [0, 0.1) is 23.6 Å². The van der Waals surface area contributed by atoms with Gasteiger partial charge in [0.1, 0.15) is 17.5 Å². The zero-order valence-electron chi connectivity index (χ0n) is 31.8. The minimum atomic E-state index is -0.948. The summed E-state index contributed by atoms with van der Waals surface area (Å²) >= 11 is 0. The highest BCUT2D eigenvalue weighted by Crippen LogP contribution is 2.30. The van der Waals surface area contributed by atoms with E-state index in [4.69, 9.17) is 9.47 Å². The Hall–Kier alpha value is -4.00. The normalized spacial score (nSPS) is 19.5. The van der Waals surface area contributed by atoms with Crippen LogP contribution in [-0.4, -0.2) is 97.4 Å². The second kappa shape index (κ2) is 19.9. The summed E-state index contributed by atoms with van der Waals surface area (Å²) in [5, 5.41) is 8.76. The summed E-state index contributed by atoms with van der Waals surface area (Å²) in [5.41, 5.74) is 0.710. The number of carbonyl (C=O) groups is 5. The second-order valence-electron chi connectivity index (χ2n) is 15.5. The number of amides is 3. The van der Waals surface area contributed by atoms with E-state index in [9.17, 15) is 28.4 Å². The van der Waals surface area contributed by atoms with Gasteiger partial charge in [0.2, 0.25) is 17.7 Å². The number of hydrogen-bond acceptors (Lipinski definition) is 8. The van der Waals surface area contributed by atoms with Crippen LogP contribution in [-0.2, 0) is 46.3 Å². The number of benzene rings is 2. The van der Waals surface area contributed by atoms with Gasteiger partial charge in [-0.15, -0.1) is 0 Å². The molecule has 2 aliphatic heterocycles. The molecule has 2 heterocycles. The van der Waals surface area contributed by atoms with E-state index in [1.165, 1.54) is 12.1 Å². The quantitative estimate of drug-likeness (QED) is 0.164. The predicted molar refractivity (Wildman–Crippen MR) is 199 cm³/mol. The summed E-state index contributed by atoms with van der Waals surface area (Å²) < 4.78 is 24.6. The van der Waals surface area contributed by atoms with Crippen LogP contribution in [0.5, 0.6) is 0 Å². The van der Waals surface area contributed by atoms with E-state index in [0.717, 1.165) is 5.56 Å². The topological polar surface area (TPSA) is 146 Å². The molecule has 0 aromatic heterocycles. The van der Waals surface area contributed by atoms with E-state index < -0.39 is 47.3 Å². The van der Waals surface area contributed by atoms with Gasteiger partial charge < -0.3 is 25.4 Å². The van der Waals surface area contributed by atoms with Crippen LogP contribution in [0.3, 0.4) is 0 Å². The minimum Gasteiger partial charge on any atom is -0.379 e. The van der Waals surface area contributed by atoms with Crippen molar-refractivity contribution >= 4 is 29.3 Å². The molecule has 5 atom stereocenters. The first-order valence-corrected chi connectivity index (χ1v) is 18.9. The van der Waals surface area contributed by atoms with Gasteiger partial charge in [-0.25, -0.2) is 4.39 Å². The molecule has 2 fully saturated rings. The third-order valence-corrected chi connectivity index (χ3v) is 9.75. The van der Waals surface area contributed by atoms with Crippen molar-refractivity contribution in [3.05, 3.63) is 71.5 Å². The number of halogens is 1. The first kappa shape index (κ1) is 41.8. The van der Waals surface area contributed by atoms with Crippen LogP contribution in [0.4, 0.5) is 4.39 Å². The second-order valence-corrected chi connectivity index (χ2v) is 15.5. The van der Waals surface area contributed by atoms with Crippen molar-refractivity contribution in [1.82, 2.24) is 20.9 Å². The van der Waals surface area contributed by atoms with Gasteiger partial charge >= 0.3 is 0 Å². The molecule has 290 valence electrons. The third-order valence-electron chi connectivity index (χ3n) is 9.75. The molecule has 0 aliphatic carbocycles. The number of nitrogens with one attached hydrogen (secondary N) is 3. The molecule has 2 saturated heterocycles. The monoisotopic (exact) mass is 736 g/mol. The highest BCUT2D eigenvalue weighted by molar-refractivity contribution is 5.98. The Labute approximate surface area is 313 Å². The van der Waals surface area contributed by atoms with Gasteiger partial charge in [0.15, 0.2) is 11.6 Å². The first-order chi connectivity index (χ1) is 25.2. The number of hydrogen-bond donors (Lipinski definition) is 3. The lowest BCUT2D eigenvalue weighted by Crippen LogP contribution is -2.54. The van der Waals surface area contributed by atoms with Gasteiger partial charge in [-0.1, -0.05) is 70.2 Å². The maximum Gasteiger partial charge on any atom is 0.243 e. The molecule has 0 spiro atoms. The van der Waals surface area contributed by atoms with Gasteiger partial charge in [-0.05, 0) is 74.1 Å². The van der Waals surface area contributed by atoms with E-state index >= 15 is 0 Å². The molecule has 4 rings (SSSR count). The molecule has 53 heavy (non-hydrogen) atoms. The number of ether oxygens (including phenoxy) is 2. The number of rotatable bonds is 21. The molecular formula is C41H57FN4O7. The zero-order chi connectivity index (χ0) is 38.5. The maximum absolute atomic E-state index is 14.2. The van der Waals surface area contributed by atoms with Crippen molar-refractivity contribution in [2.24, 2.45) is 17.8 Å². The van der Waals surface area contributed by atoms with Crippen LogP contribution in [0.15, 0.2) is 54.6 Å². The van der Waals surface area contributed by atoms with Gasteiger partial charge in [0, 0.05) is 25.4 Å². The molecule has 11 nitrogen and oxygen atoms in total. The minimum absolute atomic E-state index is 0.0136. The highest BCUT2D eigenvalue weighted by atomic mass is 19.1. The Morgan fingerprint density at radius 2 is 1.40 bits per heavy atom. The molecule has 2 aromatic carbocycles. The Bertz CT molecular complexity index is 1520. The van der Waals surface area contributed by atoms with Crippen molar-refractivity contribution < 1.29 is 37.8 Å². The molecule has 0 saturated carbocycles. The lowest BCUT2D eigenvalue weighted by atomic mass is 9.87. The molecule has 0 radical (unpaired) electrons. The van der Waals surface area contributed by atoms with Gasteiger partial charge in [0.05, 0.1) is 38.4 Å². The number of aryl methyl sites for hydroxylation is 1. The number of morpholine rings is 1. The lowest BCUT2D eigenvalue weighted by molar-refractivity contribution is -0.135. The maximum atomic E-state index is 14.2. The summed E-state index contributed by atoms with van der Waals surface area (Å²) in [6.45, 7) is 12.2. The van der Waals surface area contributed by atoms with Crippen molar-refractivity contribution in [2.75, 3.05) is 39.5 Å². The summed E-state index contributed by atoms with van der Waals surface area (Å²) in [7, 11) is 0. The number of nitrogens with zero attached hydrogens (tertiary/aromatic N) is 1. The predicted octanol–water partition coefficient (Wildman–Crippen LogP) is 3.81. The largest absolute Gasteiger partial charge is 0.379 e. The fourth-order valence-corrected chi connectivity index (χ4v) is 6.60. The fraction of sp³-hybridized carbons (Fsp3) is 0.585. The zero-order valence-corrected chi connectivity index (χ0v) is 31.8. The first-order valence-electron chi connectivity index (χ1n) is 18.9. The number of epoxide rings is 1. The third kappa shape index (κ3) is 13.7. The van der Waals surface area contributed by atoms with Crippen molar-refractivity contribution in [2.45, 2.75) is 96.9 Å². The van der Waals surface area contributed by atoms with Crippen LogP contribution < -0.4 is 16.0 Å². The summed E-state index contributed by atoms with van der Waals surface area (Å²) in [5.74, 6) is -3.03. The van der Waals surface area contributed by atoms with E-state index in [0.29, 0.717) is 57.6 Å². The van der Waals surface area contributed by atoms with Crippen molar-refractivity contribution in [1.29, 1.82) is 0 Å². The Kier molecular flexibility index (Phi) is 15.7. The van der Waals surface area contributed by atoms with Crippen molar-refractivity contribution in [3.63, 3.8) is 0 Å². The van der Waals surface area contributed by atoms with E-state index in [-0.39, 0.29) is 55.3 Å². The van der Waals surface area contributed by atoms with E-state index in [1.807, 2.05) is 62.9 Å². The van der Waals surface area contributed by atoms with Gasteiger partial charge in [-0.3, -0.25) is 28.9 Å². The smallest absolute Gasteiger partial charge is 0.243 e. The number of Topliss-reactive ketones (excluding diaryl/α,β-unsaturated/α-hetero) is 2. The number of ketones is 2. The Balaban J connectivity index is 1.52. The summed E-state index contributed by atoms with van der Waals surface area (Å²) in [6.07, 6.45) is 1.45. The van der Waals surface area contributed by atoms with Gasteiger partial charge in [-0.2, -0.15) is 0 Å². The Morgan fingerprint density at radius 3 is 2.00 bits per heavy atom. The summed E-state index contributed by atoms with van der Waals surface area (Å²) in [6, 6.07) is 12.7. The van der Waals surface area contributed by atoms with Crippen LogP contribution >= 0.6 is 0 Å². The Morgan fingerprint density at radius 1 is 0.792 bits per heavy atom. The summed E-state index contributed by atoms with van der Waals surface area (Å²) in [4.78, 5) is 70.7. The molecule has 3 amide bonds. The van der Waals surface area contributed by atoms with E-state index in [2.05, 4.69) is 16.0 Å². The van der Waals surface area contributed by atoms with Crippen molar-refractivity contribution in [3.8, 4) is 0 Å². The van der Waals surface area contributed by atoms with Crippen LogP contribution in [0.1, 0.15) is 71.4 Å². The molecule has 12 heteroatoms. The average molecular weight is 737 g/mol. The standard InChI is InChI=1S/C41H57FN4O7/c1-27(2)21-34(44-40(51)33(16-13-29-9-7-6-8-10-29)43-37(48)25-46-17-19-52-20-18-46)36(47)24-31(23-30-11-14-32(42)15-12-30)39(50)45-35(22-28(3)4)38(49)41(5)26-53-41/h6-12,14-15,27-28,31,33-35H,13,16-26H2,1-5H3,(H,43,48)(H,44,51)(H,45,50)/t31-,33+,34+,35+,41-/m1/s1. The van der Waals surface area contributed by atoms with E-state index in [1.54, 1.807) is 19.1 Å². The molecule has 2 aliphatic rings.